The first-order chi connectivity index (χ1) is 5.86. The second-order valence-electron chi connectivity index (χ2n) is 2.62. The van der Waals surface area contributed by atoms with E-state index in [1.807, 2.05) is 6.08 Å². The van der Waals surface area contributed by atoms with Crippen LogP contribution in [0.3, 0.4) is 0 Å². The van der Waals surface area contributed by atoms with Gasteiger partial charge in [-0.3, -0.25) is 0 Å². The quantitative estimate of drug-likeness (QED) is 0.632. The lowest BCUT2D eigenvalue weighted by atomic mass is 10.2. The van der Waals surface area contributed by atoms with Crippen LogP contribution in [0, 0.1) is 0 Å². The van der Waals surface area contributed by atoms with Crippen LogP contribution in [-0.4, -0.2) is 0 Å². The fraction of sp³-hybridized carbons (Fsp3) is 0.300. The standard InChI is InChI=1S/C10H13ClN/c1-2-10-4-8-12(9-5-10)7-3-6-11/h3-6,8-9H,2,7H2,1H3/q+1/b6-3+. The molecule has 0 aliphatic heterocycles. The molecule has 1 heterocycles. The molecule has 0 radical (unpaired) electrons. The smallest absolute Gasteiger partial charge is 0.169 e. The monoisotopic (exact) mass is 182 g/mol. The maximum Gasteiger partial charge on any atom is 0.169 e. The van der Waals surface area contributed by atoms with E-state index in [1.165, 1.54) is 5.56 Å². The van der Waals surface area contributed by atoms with Gasteiger partial charge in [0.15, 0.2) is 18.9 Å². The molecule has 0 fully saturated rings. The van der Waals surface area contributed by atoms with Gasteiger partial charge in [-0.15, -0.1) is 0 Å². The molecule has 12 heavy (non-hydrogen) atoms. The molecular formula is C10H13ClN+. The number of halogens is 1. The highest BCUT2D eigenvalue weighted by Crippen LogP contribution is 1.94. The van der Waals surface area contributed by atoms with Crippen LogP contribution in [0.15, 0.2) is 36.1 Å². The Bertz CT molecular complexity index is 251. The Morgan fingerprint density at radius 3 is 2.58 bits per heavy atom. The van der Waals surface area contributed by atoms with Crippen LogP contribution in [0.4, 0.5) is 0 Å². The van der Waals surface area contributed by atoms with Gasteiger partial charge in [-0.2, -0.15) is 0 Å². The van der Waals surface area contributed by atoms with Gasteiger partial charge in [0.1, 0.15) is 0 Å². The largest absolute Gasteiger partial charge is 0.201 e. The van der Waals surface area contributed by atoms with Crippen molar-refractivity contribution in [3.8, 4) is 0 Å². The lowest BCUT2D eigenvalue weighted by Gasteiger charge is -1.93. The molecule has 0 aliphatic carbocycles. The van der Waals surface area contributed by atoms with E-state index in [2.05, 4.69) is 36.0 Å². The molecule has 1 rings (SSSR count). The Morgan fingerprint density at radius 2 is 2.08 bits per heavy atom. The summed E-state index contributed by atoms with van der Waals surface area (Å²) in [5.41, 5.74) is 2.90. The average Bonchev–Trinajstić information content (AvgIpc) is 2.15. The molecule has 1 nitrogen and oxygen atoms in total. The molecule has 1 aromatic rings. The van der Waals surface area contributed by atoms with Crippen molar-refractivity contribution in [1.29, 1.82) is 0 Å². The molecule has 0 saturated heterocycles. The van der Waals surface area contributed by atoms with Gasteiger partial charge >= 0.3 is 0 Å². The summed E-state index contributed by atoms with van der Waals surface area (Å²) in [5, 5.41) is 0. The first-order valence-corrected chi connectivity index (χ1v) is 4.53. The van der Waals surface area contributed by atoms with Crippen LogP contribution in [-0.2, 0) is 13.0 Å². The summed E-state index contributed by atoms with van der Waals surface area (Å²) in [5.74, 6) is 0. The number of hydrogen-bond donors (Lipinski definition) is 0. The van der Waals surface area contributed by atoms with E-state index in [-0.39, 0.29) is 0 Å². The summed E-state index contributed by atoms with van der Waals surface area (Å²) in [7, 11) is 0. The second kappa shape index (κ2) is 4.94. The number of pyridine rings is 1. The van der Waals surface area contributed by atoms with Crippen LogP contribution < -0.4 is 4.57 Å². The van der Waals surface area contributed by atoms with Gasteiger partial charge in [-0.25, -0.2) is 4.57 Å². The van der Waals surface area contributed by atoms with Crippen molar-refractivity contribution in [1.82, 2.24) is 0 Å². The third kappa shape index (κ3) is 2.67. The molecule has 64 valence electrons. The predicted octanol–water partition coefficient (Wildman–Crippen LogP) is 2.29. The minimum atomic E-state index is 0.841. The van der Waals surface area contributed by atoms with Crippen LogP contribution >= 0.6 is 11.6 Å². The number of rotatable bonds is 3. The molecule has 2 heteroatoms. The Balaban J connectivity index is 2.64. The summed E-state index contributed by atoms with van der Waals surface area (Å²) in [6.07, 6.45) is 7.13. The minimum absolute atomic E-state index is 0.841. The van der Waals surface area contributed by atoms with Crippen molar-refractivity contribution in [3.63, 3.8) is 0 Å². The van der Waals surface area contributed by atoms with Crippen molar-refractivity contribution in [3.05, 3.63) is 41.7 Å². The molecule has 0 amide bonds. The second-order valence-corrected chi connectivity index (χ2v) is 2.87. The highest BCUT2D eigenvalue weighted by atomic mass is 35.5. The summed E-state index contributed by atoms with van der Waals surface area (Å²) in [6, 6.07) is 4.25. The fourth-order valence-corrected chi connectivity index (χ4v) is 1.09. The number of nitrogens with zero attached hydrogens (tertiary/aromatic N) is 1. The molecule has 0 saturated carbocycles. The molecule has 0 atom stereocenters. The number of aromatic nitrogens is 1. The summed E-state index contributed by atoms with van der Waals surface area (Å²) < 4.78 is 2.08. The van der Waals surface area contributed by atoms with E-state index in [9.17, 15) is 0 Å². The van der Waals surface area contributed by atoms with E-state index in [1.54, 1.807) is 5.54 Å². The van der Waals surface area contributed by atoms with E-state index < -0.39 is 0 Å². The molecule has 0 aromatic carbocycles. The number of allylic oxidation sites excluding steroid dienone is 1. The van der Waals surface area contributed by atoms with Crippen molar-refractivity contribution in [2.45, 2.75) is 19.9 Å². The van der Waals surface area contributed by atoms with E-state index in [0.29, 0.717) is 0 Å². The van der Waals surface area contributed by atoms with E-state index >= 15 is 0 Å². The highest BCUT2D eigenvalue weighted by molar-refractivity contribution is 6.25. The Hall–Kier alpha value is -0.820. The third-order valence-electron chi connectivity index (χ3n) is 1.77. The fourth-order valence-electron chi connectivity index (χ4n) is 1.01. The van der Waals surface area contributed by atoms with Gasteiger partial charge in [-0.1, -0.05) is 18.5 Å². The zero-order chi connectivity index (χ0) is 8.81. The molecule has 0 aliphatic rings. The lowest BCUT2D eigenvalue weighted by molar-refractivity contribution is -0.687. The summed E-state index contributed by atoms with van der Waals surface area (Å²) >= 11 is 5.42. The molecule has 0 N–H and O–H groups in total. The SMILES string of the molecule is CCc1cc[n+](C/C=C/Cl)cc1. The Kier molecular flexibility index (Phi) is 3.81. The van der Waals surface area contributed by atoms with Crippen molar-refractivity contribution in [2.24, 2.45) is 0 Å². The first-order valence-electron chi connectivity index (χ1n) is 4.10. The van der Waals surface area contributed by atoms with Crippen molar-refractivity contribution >= 4 is 11.6 Å². The van der Waals surface area contributed by atoms with Gasteiger partial charge in [0.05, 0.1) is 0 Å². The van der Waals surface area contributed by atoms with Crippen molar-refractivity contribution in [2.75, 3.05) is 0 Å². The Morgan fingerprint density at radius 1 is 1.42 bits per heavy atom. The van der Waals surface area contributed by atoms with Gasteiger partial charge in [0.25, 0.3) is 0 Å². The van der Waals surface area contributed by atoms with Crippen LogP contribution in [0.5, 0.6) is 0 Å². The zero-order valence-electron chi connectivity index (χ0n) is 7.20. The minimum Gasteiger partial charge on any atom is -0.201 e. The molecular weight excluding hydrogens is 170 g/mol. The maximum atomic E-state index is 5.42. The predicted molar refractivity (Wildman–Crippen MR) is 51.0 cm³/mol. The highest BCUT2D eigenvalue weighted by Gasteiger charge is 1.95. The zero-order valence-corrected chi connectivity index (χ0v) is 7.96. The molecule has 0 spiro atoms. The molecule has 0 bridgehead atoms. The number of aryl methyl sites for hydroxylation is 1. The van der Waals surface area contributed by atoms with E-state index in [0.717, 1.165) is 13.0 Å². The third-order valence-corrected chi connectivity index (χ3v) is 1.95. The lowest BCUT2D eigenvalue weighted by Crippen LogP contribution is -2.31. The Labute approximate surface area is 78.3 Å². The topological polar surface area (TPSA) is 3.88 Å². The van der Waals surface area contributed by atoms with Gasteiger partial charge < -0.3 is 0 Å². The molecule has 1 aromatic heterocycles. The van der Waals surface area contributed by atoms with Crippen LogP contribution in [0.2, 0.25) is 0 Å². The molecule has 0 unspecified atom stereocenters. The first kappa shape index (κ1) is 9.27. The van der Waals surface area contributed by atoms with Crippen LogP contribution in [0.25, 0.3) is 0 Å². The average molecular weight is 183 g/mol. The maximum absolute atomic E-state index is 5.42. The van der Waals surface area contributed by atoms with Gasteiger partial charge in [-0.05, 0) is 18.1 Å². The van der Waals surface area contributed by atoms with Crippen molar-refractivity contribution < 1.29 is 4.57 Å². The van der Waals surface area contributed by atoms with Gasteiger partial charge in [0.2, 0.25) is 0 Å². The summed E-state index contributed by atoms with van der Waals surface area (Å²) in [4.78, 5) is 0. The normalized spacial score (nSPS) is 10.8. The summed E-state index contributed by atoms with van der Waals surface area (Å²) in [6.45, 7) is 2.99. The van der Waals surface area contributed by atoms with E-state index in [4.69, 9.17) is 11.6 Å². The number of hydrogen-bond acceptors (Lipinski definition) is 0. The van der Waals surface area contributed by atoms with Crippen LogP contribution in [0.1, 0.15) is 12.5 Å². The van der Waals surface area contributed by atoms with Gasteiger partial charge in [0, 0.05) is 17.7 Å².